The van der Waals surface area contributed by atoms with E-state index in [1.165, 1.54) is 26.4 Å². The van der Waals surface area contributed by atoms with Crippen molar-refractivity contribution < 1.29 is 12.6 Å². The molecule has 4 nitrogen and oxygen atoms in total. The molecule has 92 valence electrons. The smallest absolute Gasteiger partial charge is 0.267 e. The molecular weight excluding hydrogens is 214 g/mol. The van der Waals surface area contributed by atoms with Crippen LogP contribution in [-0.4, -0.2) is 46.3 Å². The molecule has 0 saturated carbocycles. The highest BCUT2D eigenvalue weighted by atomic mass is 32.2. The lowest BCUT2D eigenvalue weighted by molar-refractivity contribution is 0.323. The van der Waals surface area contributed by atoms with Crippen LogP contribution in [0.4, 0.5) is 0 Å². The molecule has 0 N–H and O–H groups in total. The van der Waals surface area contributed by atoms with Gasteiger partial charge < -0.3 is 4.90 Å². The zero-order valence-electron chi connectivity index (χ0n) is 10.0. The van der Waals surface area contributed by atoms with Crippen molar-refractivity contribution in [2.45, 2.75) is 32.6 Å². The SMILES string of the molecule is CCCCCN(C)CCCS(=O)(=O)OC. The predicted molar refractivity (Wildman–Crippen MR) is 62.4 cm³/mol. The summed E-state index contributed by atoms with van der Waals surface area (Å²) in [7, 11) is -0.0355. The van der Waals surface area contributed by atoms with Gasteiger partial charge in [-0.1, -0.05) is 19.8 Å². The van der Waals surface area contributed by atoms with Gasteiger partial charge >= 0.3 is 0 Å². The quantitative estimate of drug-likeness (QED) is 0.450. The van der Waals surface area contributed by atoms with Gasteiger partial charge in [-0.3, -0.25) is 4.18 Å². The molecule has 0 amide bonds. The minimum atomic E-state index is -3.27. The van der Waals surface area contributed by atoms with Crippen molar-refractivity contribution in [1.82, 2.24) is 4.90 Å². The van der Waals surface area contributed by atoms with Crippen molar-refractivity contribution in [1.29, 1.82) is 0 Å². The molecule has 0 fully saturated rings. The third kappa shape index (κ3) is 8.84. The second-order valence-corrected chi connectivity index (χ2v) is 5.65. The molecule has 0 atom stereocenters. The Balaban J connectivity index is 3.50. The van der Waals surface area contributed by atoms with Crippen LogP contribution in [0.3, 0.4) is 0 Å². The van der Waals surface area contributed by atoms with Gasteiger partial charge in [-0.2, -0.15) is 8.42 Å². The largest absolute Gasteiger partial charge is 0.306 e. The van der Waals surface area contributed by atoms with Gasteiger partial charge in [0.05, 0.1) is 12.9 Å². The van der Waals surface area contributed by atoms with Crippen molar-refractivity contribution in [2.24, 2.45) is 0 Å². The van der Waals surface area contributed by atoms with E-state index in [9.17, 15) is 8.42 Å². The molecule has 0 bridgehead atoms. The highest BCUT2D eigenvalue weighted by Crippen LogP contribution is 1.99. The van der Waals surface area contributed by atoms with E-state index in [4.69, 9.17) is 0 Å². The Kier molecular flexibility index (Phi) is 8.00. The summed E-state index contributed by atoms with van der Waals surface area (Å²) in [5, 5.41) is 0. The third-order valence-electron chi connectivity index (χ3n) is 2.33. The summed E-state index contributed by atoms with van der Waals surface area (Å²) in [5.41, 5.74) is 0. The molecule has 0 aromatic heterocycles. The average Bonchev–Trinajstić information content (AvgIpc) is 2.18. The summed E-state index contributed by atoms with van der Waals surface area (Å²) in [4.78, 5) is 2.17. The maximum atomic E-state index is 11.0. The Hall–Kier alpha value is -0.130. The second-order valence-electron chi connectivity index (χ2n) is 3.79. The Morgan fingerprint density at radius 2 is 1.73 bits per heavy atom. The van der Waals surface area contributed by atoms with E-state index in [1.54, 1.807) is 0 Å². The van der Waals surface area contributed by atoms with Gasteiger partial charge in [0.1, 0.15) is 0 Å². The molecule has 0 aromatic rings. The van der Waals surface area contributed by atoms with Gasteiger partial charge in [0.15, 0.2) is 0 Å². The van der Waals surface area contributed by atoms with Gasteiger partial charge in [0.25, 0.3) is 10.1 Å². The molecule has 0 radical (unpaired) electrons. The predicted octanol–water partition coefficient (Wildman–Crippen LogP) is 1.47. The van der Waals surface area contributed by atoms with E-state index in [2.05, 4.69) is 16.0 Å². The first kappa shape index (κ1) is 14.9. The van der Waals surface area contributed by atoms with Crippen molar-refractivity contribution >= 4 is 10.1 Å². The van der Waals surface area contributed by atoms with Crippen LogP contribution in [0, 0.1) is 0 Å². The number of unbranched alkanes of at least 4 members (excludes halogenated alkanes) is 2. The zero-order chi connectivity index (χ0) is 11.7. The summed E-state index contributed by atoms with van der Waals surface area (Å²) < 4.78 is 26.4. The number of rotatable bonds is 9. The van der Waals surface area contributed by atoms with E-state index in [-0.39, 0.29) is 5.75 Å². The highest BCUT2D eigenvalue weighted by molar-refractivity contribution is 7.86. The van der Waals surface area contributed by atoms with Crippen molar-refractivity contribution in [2.75, 3.05) is 33.0 Å². The molecular formula is C10H23NO3S. The van der Waals surface area contributed by atoms with Gasteiger partial charge in [-0.05, 0) is 33.0 Å². The van der Waals surface area contributed by atoms with Gasteiger partial charge in [0.2, 0.25) is 0 Å². The van der Waals surface area contributed by atoms with Crippen LogP contribution in [0.5, 0.6) is 0 Å². The van der Waals surface area contributed by atoms with Crippen LogP contribution in [0.15, 0.2) is 0 Å². The second kappa shape index (κ2) is 8.07. The van der Waals surface area contributed by atoms with E-state index in [0.717, 1.165) is 13.1 Å². The summed E-state index contributed by atoms with van der Waals surface area (Å²) in [6.45, 7) is 4.03. The highest BCUT2D eigenvalue weighted by Gasteiger charge is 2.08. The van der Waals surface area contributed by atoms with Crippen LogP contribution in [0.2, 0.25) is 0 Å². The molecule has 0 unspecified atom stereocenters. The molecule has 5 heteroatoms. The van der Waals surface area contributed by atoms with Crippen LogP contribution < -0.4 is 0 Å². The maximum Gasteiger partial charge on any atom is 0.267 e. The summed E-state index contributed by atoms with van der Waals surface area (Å²) in [6.07, 6.45) is 4.27. The first-order chi connectivity index (χ1) is 7.02. The Bertz CT molecular complexity index is 239. The van der Waals surface area contributed by atoms with Crippen molar-refractivity contribution in [3.63, 3.8) is 0 Å². The molecule has 0 aliphatic rings. The molecule has 0 spiro atoms. The first-order valence-corrected chi connectivity index (χ1v) is 7.06. The summed E-state index contributed by atoms with van der Waals surface area (Å²) in [5.74, 6) is 0.113. The van der Waals surface area contributed by atoms with Crippen LogP contribution in [-0.2, 0) is 14.3 Å². The Morgan fingerprint density at radius 3 is 2.27 bits per heavy atom. The average molecular weight is 237 g/mol. The van der Waals surface area contributed by atoms with Crippen LogP contribution in [0.1, 0.15) is 32.6 Å². The normalized spacial score (nSPS) is 12.3. The number of hydrogen-bond donors (Lipinski definition) is 0. The zero-order valence-corrected chi connectivity index (χ0v) is 10.8. The fourth-order valence-electron chi connectivity index (χ4n) is 1.34. The maximum absolute atomic E-state index is 11.0. The van der Waals surface area contributed by atoms with E-state index < -0.39 is 10.1 Å². The van der Waals surface area contributed by atoms with Gasteiger partial charge in [-0.15, -0.1) is 0 Å². The molecule has 0 rings (SSSR count). The lowest BCUT2D eigenvalue weighted by Gasteiger charge is -2.15. The minimum Gasteiger partial charge on any atom is -0.306 e. The summed E-state index contributed by atoms with van der Waals surface area (Å²) in [6, 6.07) is 0. The fourth-order valence-corrected chi connectivity index (χ4v) is 1.99. The Morgan fingerprint density at radius 1 is 1.13 bits per heavy atom. The topological polar surface area (TPSA) is 46.6 Å². The van der Waals surface area contributed by atoms with Gasteiger partial charge in [0, 0.05) is 0 Å². The van der Waals surface area contributed by atoms with Crippen LogP contribution >= 0.6 is 0 Å². The fraction of sp³-hybridized carbons (Fsp3) is 1.00. The third-order valence-corrected chi connectivity index (χ3v) is 3.63. The van der Waals surface area contributed by atoms with Crippen molar-refractivity contribution in [3.05, 3.63) is 0 Å². The van der Waals surface area contributed by atoms with Crippen LogP contribution in [0.25, 0.3) is 0 Å². The van der Waals surface area contributed by atoms with E-state index in [0.29, 0.717) is 6.42 Å². The lowest BCUT2D eigenvalue weighted by Crippen LogP contribution is -2.23. The minimum absolute atomic E-state index is 0.113. The number of nitrogens with zero attached hydrogens (tertiary/aromatic N) is 1. The molecule has 0 heterocycles. The lowest BCUT2D eigenvalue weighted by atomic mass is 10.2. The molecule has 0 aliphatic carbocycles. The first-order valence-electron chi connectivity index (χ1n) is 5.48. The standard InChI is InChI=1S/C10H23NO3S/c1-4-5-6-8-11(2)9-7-10-15(12,13)14-3/h4-10H2,1-3H3. The molecule has 0 aromatic carbocycles. The number of hydrogen-bond acceptors (Lipinski definition) is 4. The monoisotopic (exact) mass is 237 g/mol. The summed E-state index contributed by atoms with van der Waals surface area (Å²) >= 11 is 0. The Labute approximate surface area is 93.7 Å². The van der Waals surface area contributed by atoms with E-state index >= 15 is 0 Å². The molecule has 0 aliphatic heterocycles. The van der Waals surface area contributed by atoms with Gasteiger partial charge in [-0.25, -0.2) is 0 Å². The molecule has 0 saturated heterocycles. The molecule has 15 heavy (non-hydrogen) atoms. The van der Waals surface area contributed by atoms with E-state index in [1.807, 2.05) is 7.05 Å². The van der Waals surface area contributed by atoms with Crippen molar-refractivity contribution in [3.8, 4) is 0 Å².